The summed E-state index contributed by atoms with van der Waals surface area (Å²) in [6.07, 6.45) is -3.99. The van der Waals surface area contributed by atoms with E-state index in [-0.39, 0.29) is 35.7 Å². The fraction of sp³-hybridized carbons (Fsp3) is 0.389. The summed E-state index contributed by atoms with van der Waals surface area (Å²) in [6, 6.07) is 8.12. The number of esters is 1. The van der Waals surface area contributed by atoms with Gasteiger partial charge in [-0.3, -0.25) is 4.79 Å². The summed E-state index contributed by atoms with van der Waals surface area (Å²) >= 11 is 1.13. The minimum Gasteiger partial charge on any atom is -0.461 e. The Hall–Kier alpha value is -1.91. The second kappa shape index (κ2) is 8.22. The number of benzene rings is 1. The first-order chi connectivity index (χ1) is 13.2. The highest BCUT2D eigenvalue weighted by Gasteiger charge is 2.35. The smallest absolute Gasteiger partial charge is 0.416 e. The maximum atomic E-state index is 13.0. The SMILES string of the molecule is O=C(OCc1ccccc1C(F)(F)F)C1CCN(S(=O)(=O)c2cccs2)CC1. The van der Waals surface area contributed by atoms with Crippen molar-refractivity contribution in [1.82, 2.24) is 4.31 Å². The summed E-state index contributed by atoms with van der Waals surface area (Å²) in [5.41, 5.74) is -0.944. The van der Waals surface area contributed by atoms with Crippen molar-refractivity contribution in [3.63, 3.8) is 0 Å². The Labute approximate surface area is 164 Å². The monoisotopic (exact) mass is 433 g/mol. The van der Waals surface area contributed by atoms with Crippen molar-refractivity contribution in [2.75, 3.05) is 13.1 Å². The van der Waals surface area contributed by atoms with E-state index in [0.29, 0.717) is 0 Å². The highest BCUT2D eigenvalue weighted by molar-refractivity contribution is 7.91. The number of hydrogen-bond donors (Lipinski definition) is 0. The van der Waals surface area contributed by atoms with Crippen LogP contribution in [0.15, 0.2) is 46.0 Å². The molecule has 2 aromatic rings. The van der Waals surface area contributed by atoms with Crippen LogP contribution in [0.25, 0.3) is 0 Å². The summed E-state index contributed by atoms with van der Waals surface area (Å²) in [5, 5.41) is 1.68. The molecule has 1 aliphatic rings. The quantitative estimate of drug-likeness (QED) is 0.671. The summed E-state index contributed by atoms with van der Waals surface area (Å²) in [4.78, 5) is 12.2. The van der Waals surface area contributed by atoms with Gasteiger partial charge >= 0.3 is 12.1 Å². The fourth-order valence-corrected chi connectivity index (χ4v) is 5.67. The molecule has 2 heterocycles. The second-order valence-electron chi connectivity index (χ2n) is 6.37. The molecule has 3 rings (SSSR count). The number of ether oxygens (including phenoxy) is 1. The number of nitrogens with zero attached hydrogens (tertiary/aromatic N) is 1. The van der Waals surface area contributed by atoms with Crippen LogP contribution in [0.4, 0.5) is 13.2 Å². The summed E-state index contributed by atoms with van der Waals surface area (Å²) in [5.74, 6) is -1.14. The van der Waals surface area contributed by atoms with Crippen molar-refractivity contribution in [1.29, 1.82) is 0 Å². The van der Waals surface area contributed by atoms with Crippen LogP contribution >= 0.6 is 11.3 Å². The third-order valence-electron chi connectivity index (χ3n) is 4.57. The van der Waals surface area contributed by atoms with E-state index in [1.807, 2.05) is 0 Å². The highest BCUT2D eigenvalue weighted by atomic mass is 32.2. The number of rotatable bonds is 5. The van der Waals surface area contributed by atoms with Crippen LogP contribution in [0.1, 0.15) is 24.0 Å². The third kappa shape index (κ3) is 4.56. The van der Waals surface area contributed by atoms with Gasteiger partial charge in [0, 0.05) is 18.7 Å². The van der Waals surface area contributed by atoms with Gasteiger partial charge in [-0.2, -0.15) is 17.5 Å². The predicted molar refractivity (Wildman–Crippen MR) is 97.0 cm³/mol. The molecule has 152 valence electrons. The maximum Gasteiger partial charge on any atom is 0.416 e. The largest absolute Gasteiger partial charge is 0.461 e. The zero-order valence-corrected chi connectivity index (χ0v) is 16.3. The van der Waals surface area contributed by atoms with Crippen LogP contribution in [0.5, 0.6) is 0 Å². The van der Waals surface area contributed by atoms with Crippen LogP contribution in [0.2, 0.25) is 0 Å². The highest BCUT2D eigenvalue weighted by Crippen LogP contribution is 2.32. The number of thiophene rings is 1. The Morgan fingerprint density at radius 3 is 2.43 bits per heavy atom. The molecule has 0 amide bonds. The van der Waals surface area contributed by atoms with E-state index >= 15 is 0 Å². The first-order valence-corrected chi connectivity index (χ1v) is 10.9. The number of alkyl halides is 3. The molecule has 0 N–H and O–H groups in total. The van der Waals surface area contributed by atoms with Crippen molar-refractivity contribution < 1.29 is 31.1 Å². The van der Waals surface area contributed by atoms with E-state index in [1.165, 1.54) is 28.6 Å². The molecule has 1 saturated heterocycles. The number of carbonyl (C=O) groups is 1. The normalized spacial score (nSPS) is 16.8. The molecule has 28 heavy (non-hydrogen) atoms. The molecule has 1 aromatic carbocycles. The van der Waals surface area contributed by atoms with E-state index in [1.54, 1.807) is 11.4 Å². The lowest BCUT2D eigenvalue weighted by atomic mass is 9.98. The first-order valence-electron chi connectivity index (χ1n) is 8.55. The van der Waals surface area contributed by atoms with Crippen molar-refractivity contribution in [3.8, 4) is 0 Å². The van der Waals surface area contributed by atoms with Gasteiger partial charge in [0.25, 0.3) is 10.0 Å². The van der Waals surface area contributed by atoms with E-state index < -0.39 is 40.3 Å². The third-order valence-corrected chi connectivity index (χ3v) is 7.84. The average Bonchev–Trinajstić information content (AvgIpc) is 3.21. The fourth-order valence-electron chi connectivity index (χ4n) is 3.06. The zero-order valence-electron chi connectivity index (χ0n) is 14.7. The molecule has 10 heteroatoms. The lowest BCUT2D eigenvalue weighted by molar-refractivity contribution is -0.153. The molecule has 0 bridgehead atoms. The zero-order chi connectivity index (χ0) is 20.4. The van der Waals surface area contributed by atoms with Gasteiger partial charge < -0.3 is 4.74 Å². The first kappa shape index (κ1) is 20.8. The number of piperidine rings is 1. The van der Waals surface area contributed by atoms with Gasteiger partial charge in [0.1, 0.15) is 10.8 Å². The Kier molecular flexibility index (Phi) is 6.11. The van der Waals surface area contributed by atoms with Gasteiger partial charge in [0.15, 0.2) is 0 Å². The Bertz CT molecular complexity index is 919. The van der Waals surface area contributed by atoms with Crippen molar-refractivity contribution in [3.05, 3.63) is 52.9 Å². The van der Waals surface area contributed by atoms with Crippen LogP contribution in [-0.2, 0) is 32.3 Å². The summed E-state index contributed by atoms with van der Waals surface area (Å²) in [6.45, 7) is -0.138. The Morgan fingerprint density at radius 1 is 1.14 bits per heavy atom. The lowest BCUT2D eigenvalue weighted by Gasteiger charge is -2.29. The molecule has 5 nitrogen and oxygen atoms in total. The summed E-state index contributed by atoms with van der Waals surface area (Å²) < 4.78 is 70.6. The van der Waals surface area contributed by atoms with Gasteiger partial charge in [-0.15, -0.1) is 11.3 Å². The second-order valence-corrected chi connectivity index (χ2v) is 9.49. The van der Waals surface area contributed by atoms with Crippen LogP contribution < -0.4 is 0 Å². The summed E-state index contributed by atoms with van der Waals surface area (Å²) in [7, 11) is -3.57. The molecule has 0 spiro atoms. The standard InChI is InChI=1S/C18H18F3NO4S2/c19-18(20,21)15-5-2-1-4-14(15)12-26-17(23)13-7-9-22(10-8-13)28(24,25)16-6-3-11-27-16/h1-6,11,13H,7-10,12H2. The van der Waals surface area contributed by atoms with Gasteiger partial charge in [-0.25, -0.2) is 8.42 Å². The van der Waals surface area contributed by atoms with Gasteiger partial charge in [-0.1, -0.05) is 24.3 Å². The van der Waals surface area contributed by atoms with Gasteiger partial charge in [0.2, 0.25) is 0 Å². The molecular weight excluding hydrogens is 415 g/mol. The van der Waals surface area contributed by atoms with E-state index in [0.717, 1.165) is 17.4 Å². The van der Waals surface area contributed by atoms with E-state index in [2.05, 4.69) is 0 Å². The van der Waals surface area contributed by atoms with Crippen LogP contribution in [0.3, 0.4) is 0 Å². The van der Waals surface area contributed by atoms with Crippen LogP contribution in [0, 0.1) is 5.92 Å². The van der Waals surface area contributed by atoms with Gasteiger partial charge in [-0.05, 0) is 30.4 Å². The average molecular weight is 433 g/mol. The molecule has 0 aliphatic carbocycles. The van der Waals surface area contributed by atoms with Crippen molar-refractivity contribution >= 4 is 27.3 Å². The van der Waals surface area contributed by atoms with Crippen molar-refractivity contribution in [2.24, 2.45) is 5.92 Å². The molecule has 0 unspecified atom stereocenters. The van der Waals surface area contributed by atoms with E-state index in [4.69, 9.17) is 4.74 Å². The molecule has 1 fully saturated rings. The molecule has 1 aliphatic heterocycles. The minimum atomic E-state index is -4.52. The molecule has 0 atom stereocenters. The van der Waals surface area contributed by atoms with Crippen LogP contribution in [-0.4, -0.2) is 31.8 Å². The molecule has 0 saturated carbocycles. The minimum absolute atomic E-state index is 0.110. The lowest BCUT2D eigenvalue weighted by Crippen LogP contribution is -2.40. The molecular formula is C18H18F3NO4S2. The van der Waals surface area contributed by atoms with Gasteiger partial charge in [0.05, 0.1) is 11.5 Å². The predicted octanol–water partition coefficient (Wildman–Crippen LogP) is 3.91. The van der Waals surface area contributed by atoms with E-state index in [9.17, 15) is 26.4 Å². The Balaban J connectivity index is 1.57. The number of halogens is 3. The number of hydrogen-bond acceptors (Lipinski definition) is 5. The molecule has 0 radical (unpaired) electrons. The molecule has 1 aromatic heterocycles. The number of sulfonamides is 1. The Morgan fingerprint density at radius 2 is 1.82 bits per heavy atom. The topological polar surface area (TPSA) is 63.7 Å². The number of carbonyl (C=O) groups excluding carboxylic acids is 1. The maximum absolute atomic E-state index is 13.0. The van der Waals surface area contributed by atoms with Crippen molar-refractivity contribution in [2.45, 2.75) is 29.8 Å².